The summed E-state index contributed by atoms with van der Waals surface area (Å²) in [7, 11) is 2.16. The Morgan fingerprint density at radius 1 is 1.44 bits per heavy atom. The van der Waals surface area contributed by atoms with E-state index in [1.54, 1.807) is 0 Å². The zero-order chi connectivity index (χ0) is 13.0. The van der Waals surface area contributed by atoms with Crippen molar-refractivity contribution in [1.29, 1.82) is 0 Å². The molecule has 2 rings (SSSR count). The molecule has 1 fully saturated rings. The minimum atomic E-state index is 0.0168. The van der Waals surface area contributed by atoms with E-state index in [4.69, 9.17) is 0 Å². The molecule has 1 saturated heterocycles. The Bertz CT molecular complexity index is 405. The van der Waals surface area contributed by atoms with Crippen LogP contribution in [-0.4, -0.2) is 37.0 Å². The molecule has 1 aromatic rings. The second kappa shape index (κ2) is 6.34. The van der Waals surface area contributed by atoms with Crippen molar-refractivity contribution in [2.24, 2.45) is 0 Å². The molecule has 0 aromatic heterocycles. The van der Waals surface area contributed by atoms with Gasteiger partial charge in [0.1, 0.15) is 0 Å². The second-order valence-electron chi connectivity index (χ2n) is 4.83. The summed E-state index contributed by atoms with van der Waals surface area (Å²) in [5, 5.41) is 2.98. The van der Waals surface area contributed by atoms with Gasteiger partial charge < -0.3 is 10.2 Å². The van der Waals surface area contributed by atoms with E-state index in [9.17, 15) is 4.79 Å². The van der Waals surface area contributed by atoms with Crippen molar-refractivity contribution < 1.29 is 4.79 Å². The molecular formula is C14H19BrN2O. The summed E-state index contributed by atoms with van der Waals surface area (Å²) in [4.78, 5) is 14.3. The minimum absolute atomic E-state index is 0.0168. The van der Waals surface area contributed by atoms with E-state index >= 15 is 0 Å². The van der Waals surface area contributed by atoms with Crippen LogP contribution in [0.2, 0.25) is 0 Å². The van der Waals surface area contributed by atoms with Crippen LogP contribution >= 0.6 is 15.9 Å². The fourth-order valence-corrected chi connectivity index (χ4v) is 2.66. The molecule has 1 amide bonds. The Balaban J connectivity index is 1.76. The minimum Gasteiger partial charge on any atom is -0.352 e. The Morgan fingerprint density at radius 3 is 2.78 bits per heavy atom. The lowest BCUT2D eigenvalue weighted by molar-refractivity contribution is 0.0950. The van der Waals surface area contributed by atoms with E-state index in [1.807, 2.05) is 24.3 Å². The van der Waals surface area contributed by atoms with Gasteiger partial charge in [-0.2, -0.15) is 0 Å². The molecule has 0 bridgehead atoms. The normalized spacial score (nSPS) is 20.0. The van der Waals surface area contributed by atoms with Gasteiger partial charge in [-0.25, -0.2) is 0 Å². The van der Waals surface area contributed by atoms with Gasteiger partial charge in [0.25, 0.3) is 5.91 Å². The van der Waals surface area contributed by atoms with Gasteiger partial charge in [-0.05, 0) is 57.1 Å². The molecule has 1 heterocycles. The lowest BCUT2D eigenvalue weighted by Crippen LogP contribution is -2.31. The van der Waals surface area contributed by atoms with Crippen molar-refractivity contribution in [3.63, 3.8) is 0 Å². The highest BCUT2D eigenvalue weighted by Crippen LogP contribution is 2.17. The first-order valence-corrected chi connectivity index (χ1v) is 7.20. The maximum Gasteiger partial charge on any atom is 0.251 e. The molecule has 0 spiro atoms. The molecular weight excluding hydrogens is 292 g/mol. The van der Waals surface area contributed by atoms with Crippen molar-refractivity contribution >= 4 is 21.8 Å². The number of amides is 1. The molecule has 4 heteroatoms. The molecule has 3 nitrogen and oxygen atoms in total. The molecule has 1 atom stereocenters. The highest BCUT2D eigenvalue weighted by molar-refractivity contribution is 9.10. The maximum absolute atomic E-state index is 11.9. The molecule has 18 heavy (non-hydrogen) atoms. The summed E-state index contributed by atoms with van der Waals surface area (Å²) in [6.45, 7) is 1.94. The van der Waals surface area contributed by atoms with Crippen molar-refractivity contribution in [2.45, 2.75) is 25.3 Å². The fraction of sp³-hybridized carbons (Fsp3) is 0.500. The number of benzene rings is 1. The van der Waals surface area contributed by atoms with Crippen molar-refractivity contribution in [2.75, 3.05) is 20.1 Å². The first-order chi connectivity index (χ1) is 8.66. The smallest absolute Gasteiger partial charge is 0.251 e. The summed E-state index contributed by atoms with van der Waals surface area (Å²) in [5.74, 6) is 0.0168. The van der Waals surface area contributed by atoms with Crippen molar-refractivity contribution in [3.05, 3.63) is 34.3 Å². The van der Waals surface area contributed by atoms with E-state index in [-0.39, 0.29) is 5.91 Å². The van der Waals surface area contributed by atoms with Crippen LogP contribution in [0, 0.1) is 0 Å². The quantitative estimate of drug-likeness (QED) is 0.927. The molecule has 1 aliphatic rings. The van der Waals surface area contributed by atoms with Crippen molar-refractivity contribution in [1.82, 2.24) is 10.2 Å². The Morgan fingerprint density at radius 2 is 2.17 bits per heavy atom. The van der Waals surface area contributed by atoms with Gasteiger partial charge in [0.15, 0.2) is 0 Å². The molecule has 1 N–H and O–H groups in total. The number of carbonyl (C=O) groups excluding carboxylic acids is 1. The van der Waals surface area contributed by atoms with Crippen LogP contribution in [0.4, 0.5) is 0 Å². The van der Waals surface area contributed by atoms with Crippen LogP contribution in [0.5, 0.6) is 0 Å². The summed E-state index contributed by atoms with van der Waals surface area (Å²) in [5.41, 5.74) is 0.720. The molecule has 98 valence electrons. The summed E-state index contributed by atoms with van der Waals surface area (Å²) < 4.78 is 0.992. The highest BCUT2D eigenvalue weighted by atomic mass is 79.9. The van der Waals surface area contributed by atoms with Gasteiger partial charge in [-0.3, -0.25) is 4.79 Å². The molecule has 1 aromatic carbocycles. The standard InChI is InChI=1S/C14H19BrN2O/c1-17-10-2-3-13(17)8-9-16-14(18)11-4-6-12(15)7-5-11/h4-7,13H,2-3,8-10H2,1H3,(H,16,18). The van der Waals surface area contributed by atoms with Crippen LogP contribution < -0.4 is 5.32 Å². The summed E-state index contributed by atoms with van der Waals surface area (Å²) in [6.07, 6.45) is 3.57. The third-order valence-electron chi connectivity index (χ3n) is 3.54. The Hall–Kier alpha value is -0.870. The van der Waals surface area contributed by atoms with Crippen LogP contribution in [0.15, 0.2) is 28.7 Å². The van der Waals surface area contributed by atoms with Crippen LogP contribution in [0.1, 0.15) is 29.6 Å². The molecule has 0 radical (unpaired) electrons. The monoisotopic (exact) mass is 310 g/mol. The zero-order valence-electron chi connectivity index (χ0n) is 10.7. The molecule has 1 aliphatic heterocycles. The van der Waals surface area contributed by atoms with Gasteiger partial charge in [-0.15, -0.1) is 0 Å². The Kier molecular flexibility index (Phi) is 4.78. The molecule has 1 unspecified atom stereocenters. The van der Waals surface area contributed by atoms with Crippen molar-refractivity contribution in [3.8, 4) is 0 Å². The average molecular weight is 311 g/mol. The van der Waals surface area contributed by atoms with E-state index in [2.05, 4.69) is 33.2 Å². The zero-order valence-corrected chi connectivity index (χ0v) is 12.2. The largest absolute Gasteiger partial charge is 0.352 e. The number of hydrogen-bond donors (Lipinski definition) is 1. The van der Waals surface area contributed by atoms with Crippen LogP contribution in [0.3, 0.4) is 0 Å². The topological polar surface area (TPSA) is 32.3 Å². The van der Waals surface area contributed by atoms with E-state index in [1.165, 1.54) is 19.4 Å². The van der Waals surface area contributed by atoms with E-state index in [0.29, 0.717) is 6.04 Å². The fourth-order valence-electron chi connectivity index (χ4n) is 2.40. The summed E-state index contributed by atoms with van der Waals surface area (Å²) >= 11 is 3.36. The number of nitrogens with one attached hydrogen (secondary N) is 1. The number of likely N-dealkylation sites (tertiary alicyclic amines) is 1. The van der Waals surface area contributed by atoms with Gasteiger partial charge in [-0.1, -0.05) is 15.9 Å². The predicted octanol–water partition coefficient (Wildman–Crippen LogP) is 2.66. The first-order valence-electron chi connectivity index (χ1n) is 6.41. The molecule has 0 aliphatic carbocycles. The maximum atomic E-state index is 11.9. The van der Waals surface area contributed by atoms with Gasteiger partial charge >= 0.3 is 0 Å². The second-order valence-corrected chi connectivity index (χ2v) is 5.74. The number of halogens is 1. The third kappa shape index (κ3) is 3.56. The van der Waals surface area contributed by atoms with Gasteiger partial charge in [0.05, 0.1) is 0 Å². The molecule has 0 saturated carbocycles. The van der Waals surface area contributed by atoms with Crippen LogP contribution in [-0.2, 0) is 0 Å². The van der Waals surface area contributed by atoms with Gasteiger partial charge in [0, 0.05) is 22.6 Å². The van der Waals surface area contributed by atoms with E-state index in [0.717, 1.165) is 23.0 Å². The van der Waals surface area contributed by atoms with E-state index < -0.39 is 0 Å². The average Bonchev–Trinajstić information content (AvgIpc) is 2.76. The number of carbonyl (C=O) groups is 1. The third-order valence-corrected chi connectivity index (χ3v) is 4.07. The summed E-state index contributed by atoms with van der Waals surface area (Å²) in [6, 6.07) is 8.08. The number of nitrogens with zero attached hydrogens (tertiary/aromatic N) is 1. The van der Waals surface area contributed by atoms with Gasteiger partial charge in [0.2, 0.25) is 0 Å². The predicted molar refractivity (Wildman–Crippen MR) is 76.7 cm³/mol. The lowest BCUT2D eigenvalue weighted by atomic mass is 10.1. The Labute approximate surface area is 117 Å². The highest BCUT2D eigenvalue weighted by Gasteiger charge is 2.20. The SMILES string of the molecule is CN1CCCC1CCNC(=O)c1ccc(Br)cc1. The number of hydrogen-bond acceptors (Lipinski definition) is 2. The first kappa shape index (κ1) is 13.6. The van der Waals surface area contributed by atoms with Crippen LogP contribution in [0.25, 0.3) is 0 Å². The number of rotatable bonds is 4. The lowest BCUT2D eigenvalue weighted by Gasteiger charge is -2.19.